The number of hydrogen-bond donors (Lipinski definition) is 0. The fraction of sp³-hybridized carbons (Fsp3) is 0.889. The lowest BCUT2D eigenvalue weighted by atomic mass is 10.1. The molecule has 60 valence electrons. The van der Waals surface area contributed by atoms with E-state index in [4.69, 9.17) is 0 Å². The van der Waals surface area contributed by atoms with Gasteiger partial charge in [-0.1, -0.05) is 45.6 Å². The van der Waals surface area contributed by atoms with Gasteiger partial charge in [0.15, 0.2) is 0 Å². The Hall–Kier alpha value is 0.0869. The molecule has 0 bridgehead atoms. The highest BCUT2D eigenvalue weighted by Crippen LogP contribution is 2.02. The van der Waals surface area contributed by atoms with Crippen LogP contribution in [0.5, 0.6) is 0 Å². The first-order valence-corrected chi connectivity index (χ1v) is 6.35. The molecule has 0 aromatic carbocycles. The molecule has 0 aliphatic heterocycles. The van der Waals surface area contributed by atoms with Gasteiger partial charge in [-0.2, -0.15) is 0 Å². The number of unbranched alkanes of at least 4 members (excludes halogenated alkanes) is 5. The van der Waals surface area contributed by atoms with E-state index < -0.39 is 0 Å². The van der Waals surface area contributed by atoms with Crippen LogP contribution in [0.1, 0.15) is 45.4 Å². The Balaban J connectivity index is 2.77. The summed E-state index contributed by atoms with van der Waals surface area (Å²) < 4.78 is 0. The van der Waals surface area contributed by atoms with Gasteiger partial charge >= 0.3 is 0 Å². The lowest BCUT2D eigenvalue weighted by Gasteiger charge is -1.95. The predicted molar refractivity (Wildman–Crippen MR) is 52.5 cm³/mol. The molecule has 0 N–H and O–H groups in total. The molecule has 0 aromatic heterocycles. The van der Waals surface area contributed by atoms with Crippen LogP contribution in [0.25, 0.3) is 0 Å². The first-order chi connectivity index (χ1) is 4.91. The molecule has 0 fully saturated rings. The van der Waals surface area contributed by atoms with Gasteiger partial charge < -0.3 is 0 Å². The van der Waals surface area contributed by atoms with Crippen molar-refractivity contribution in [2.75, 3.05) is 0 Å². The van der Waals surface area contributed by atoms with Crippen molar-refractivity contribution in [2.45, 2.75) is 52.0 Å². The Morgan fingerprint density at radius 3 is 2.40 bits per heavy atom. The Labute approximate surface area is 67.5 Å². The van der Waals surface area contributed by atoms with Crippen molar-refractivity contribution in [3.63, 3.8) is 0 Å². The van der Waals surface area contributed by atoms with Gasteiger partial charge in [-0.05, 0) is 15.6 Å². The van der Waals surface area contributed by atoms with E-state index in [-0.39, 0.29) is 0 Å². The average molecular weight is 156 g/mol. The summed E-state index contributed by atoms with van der Waals surface area (Å²) in [6.45, 7) is 4.56. The minimum atomic E-state index is 0.647. The Morgan fingerprint density at radius 2 is 1.80 bits per heavy atom. The maximum Gasteiger partial charge on any atom is -0.0153 e. The first-order valence-electron chi connectivity index (χ1n) is 4.53. The second-order valence-electron chi connectivity index (χ2n) is 2.77. The van der Waals surface area contributed by atoms with Crippen molar-refractivity contribution < 1.29 is 0 Å². The van der Waals surface area contributed by atoms with Gasteiger partial charge in [-0.3, -0.25) is 0 Å². The van der Waals surface area contributed by atoms with Crippen LogP contribution >= 0.6 is 0 Å². The van der Waals surface area contributed by atoms with E-state index in [0.717, 1.165) is 0 Å². The quantitative estimate of drug-likeness (QED) is 0.410. The molecule has 0 rings (SSSR count). The molecular weight excluding hydrogens is 136 g/mol. The minimum absolute atomic E-state index is 0.647. The fourth-order valence-electron chi connectivity index (χ4n) is 1.03. The summed E-state index contributed by atoms with van der Waals surface area (Å²) in [7, 11) is 0.647. The molecule has 0 unspecified atom stereocenters. The summed E-state index contributed by atoms with van der Waals surface area (Å²) >= 11 is 0. The largest absolute Gasteiger partial charge is 0.107 e. The second-order valence-corrected chi connectivity index (χ2v) is 3.91. The highest BCUT2D eigenvalue weighted by Gasteiger charge is 1.84. The van der Waals surface area contributed by atoms with Gasteiger partial charge in [0.05, 0.1) is 0 Å². The van der Waals surface area contributed by atoms with Gasteiger partial charge in [-0.15, -0.1) is 5.67 Å². The minimum Gasteiger partial charge on any atom is -0.107 e. The molecule has 0 aliphatic carbocycles. The SMILES string of the molecule is CCCCCCCC=[SiH]C. The fourth-order valence-corrected chi connectivity index (χ4v) is 1.60. The highest BCUT2D eigenvalue weighted by atomic mass is 28.2. The molecule has 0 aromatic rings. The molecule has 0 spiro atoms. The molecule has 0 saturated carbocycles. The summed E-state index contributed by atoms with van der Waals surface area (Å²) in [6.07, 6.45) is 8.49. The van der Waals surface area contributed by atoms with Crippen LogP contribution in [-0.4, -0.2) is 14.8 Å². The van der Waals surface area contributed by atoms with Gasteiger partial charge in [0.1, 0.15) is 0 Å². The molecule has 0 saturated heterocycles. The van der Waals surface area contributed by atoms with Crippen LogP contribution in [0.2, 0.25) is 6.55 Å². The summed E-state index contributed by atoms with van der Waals surface area (Å²) in [5, 5.41) is 0. The third-order valence-electron chi connectivity index (χ3n) is 1.71. The molecule has 0 heterocycles. The molecule has 10 heavy (non-hydrogen) atoms. The molecule has 0 atom stereocenters. The third kappa shape index (κ3) is 8.09. The summed E-state index contributed by atoms with van der Waals surface area (Å²) in [5.41, 5.74) is 2.46. The maximum atomic E-state index is 2.46. The summed E-state index contributed by atoms with van der Waals surface area (Å²) in [4.78, 5) is 0. The topological polar surface area (TPSA) is 0 Å². The first kappa shape index (κ1) is 10.1. The average Bonchev–Trinajstić information content (AvgIpc) is 1.97. The van der Waals surface area contributed by atoms with Crippen LogP contribution in [0.3, 0.4) is 0 Å². The van der Waals surface area contributed by atoms with Gasteiger partial charge in [0, 0.05) is 0 Å². The number of hydrogen-bond acceptors (Lipinski definition) is 0. The van der Waals surface area contributed by atoms with Crippen LogP contribution in [0, 0.1) is 0 Å². The van der Waals surface area contributed by atoms with Crippen LogP contribution in [0.4, 0.5) is 0 Å². The second kappa shape index (κ2) is 9.09. The van der Waals surface area contributed by atoms with Crippen molar-refractivity contribution in [3.05, 3.63) is 0 Å². The van der Waals surface area contributed by atoms with E-state index in [1.54, 1.807) is 0 Å². The van der Waals surface area contributed by atoms with Gasteiger partial charge in [0.25, 0.3) is 0 Å². The Bertz CT molecular complexity index is 76.8. The Morgan fingerprint density at radius 1 is 1.10 bits per heavy atom. The molecular formula is C9H20Si. The van der Waals surface area contributed by atoms with Crippen molar-refractivity contribution in [3.8, 4) is 0 Å². The summed E-state index contributed by atoms with van der Waals surface area (Å²) in [5.74, 6) is 0. The monoisotopic (exact) mass is 156 g/mol. The van der Waals surface area contributed by atoms with E-state index in [2.05, 4.69) is 19.1 Å². The van der Waals surface area contributed by atoms with E-state index in [1.807, 2.05) is 0 Å². The van der Waals surface area contributed by atoms with E-state index in [0.29, 0.717) is 9.13 Å². The van der Waals surface area contributed by atoms with E-state index in [1.165, 1.54) is 38.5 Å². The molecule has 0 radical (unpaired) electrons. The van der Waals surface area contributed by atoms with Crippen LogP contribution in [0.15, 0.2) is 0 Å². The van der Waals surface area contributed by atoms with Crippen molar-refractivity contribution in [2.24, 2.45) is 0 Å². The standard InChI is InChI=1S/C9H20Si/c1-3-4-5-6-7-8-9-10-2/h9-10H,3-8H2,1-2H3. The lowest BCUT2D eigenvalue weighted by Crippen LogP contribution is -1.81. The third-order valence-corrected chi connectivity index (χ3v) is 2.51. The highest BCUT2D eigenvalue weighted by molar-refractivity contribution is 6.45. The zero-order valence-electron chi connectivity index (χ0n) is 7.40. The molecule has 0 aliphatic rings. The van der Waals surface area contributed by atoms with Crippen molar-refractivity contribution in [1.29, 1.82) is 0 Å². The van der Waals surface area contributed by atoms with Crippen molar-refractivity contribution in [1.82, 2.24) is 0 Å². The van der Waals surface area contributed by atoms with Gasteiger partial charge in [0.2, 0.25) is 0 Å². The molecule has 1 heteroatoms. The zero-order chi connectivity index (χ0) is 7.66. The summed E-state index contributed by atoms with van der Waals surface area (Å²) in [6, 6.07) is 0. The van der Waals surface area contributed by atoms with Crippen LogP contribution < -0.4 is 0 Å². The van der Waals surface area contributed by atoms with Crippen molar-refractivity contribution >= 4 is 14.8 Å². The molecule has 0 nitrogen and oxygen atoms in total. The maximum absolute atomic E-state index is 2.46. The zero-order valence-corrected chi connectivity index (χ0v) is 8.55. The van der Waals surface area contributed by atoms with Crippen LogP contribution in [-0.2, 0) is 0 Å². The smallest absolute Gasteiger partial charge is 0.0153 e. The number of rotatable bonds is 6. The Kier molecular flexibility index (Phi) is 9.17. The lowest BCUT2D eigenvalue weighted by molar-refractivity contribution is 0.646. The van der Waals surface area contributed by atoms with E-state index in [9.17, 15) is 0 Å². The van der Waals surface area contributed by atoms with E-state index >= 15 is 0 Å². The predicted octanol–water partition coefficient (Wildman–Crippen LogP) is 2.63. The normalized spacial score (nSPS) is 11.0. The molecule has 0 amide bonds. The van der Waals surface area contributed by atoms with Gasteiger partial charge in [-0.25, -0.2) is 0 Å².